The third-order valence-corrected chi connectivity index (χ3v) is 5.03. The largest absolute Gasteiger partial charge is 0.480 e. The van der Waals surface area contributed by atoms with Crippen molar-refractivity contribution in [3.05, 3.63) is 5.89 Å². The summed E-state index contributed by atoms with van der Waals surface area (Å²) in [5, 5.41) is 13.4. The second-order valence-corrected chi connectivity index (χ2v) is 6.63. The van der Waals surface area contributed by atoms with Crippen LogP contribution in [0.15, 0.2) is 4.52 Å². The van der Waals surface area contributed by atoms with Crippen molar-refractivity contribution in [1.82, 2.24) is 15.0 Å². The van der Waals surface area contributed by atoms with E-state index in [1.165, 1.54) is 0 Å². The third-order valence-electron chi connectivity index (χ3n) is 5.03. The molecule has 2 aliphatic heterocycles. The fourth-order valence-electron chi connectivity index (χ4n) is 3.87. The minimum atomic E-state index is -0.679. The maximum absolute atomic E-state index is 11.5. The number of carbonyl (C=O) groups is 1. The number of hydrogen-bond donors (Lipinski definition) is 1. The van der Waals surface area contributed by atoms with Crippen molar-refractivity contribution in [2.45, 2.75) is 45.6 Å². The molecule has 0 saturated carbocycles. The Kier molecular flexibility index (Phi) is 4.08. The van der Waals surface area contributed by atoms with Gasteiger partial charge in [-0.05, 0) is 42.8 Å². The highest BCUT2D eigenvalue weighted by atomic mass is 16.5. The Labute approximate surface area is 130 Å². The molecule has 3 heterocycles. The molecule has 7 nitrogen and oxygen atoms in total. The van der Waals surface area contributed by atoms with Crippen LogP contribution in [0.3, 0.4) is 0 Å². The number of carboxylic acid groups (broad SMARTS) is 1. The van der Waals surface area contributed by atoms with Crippen LogP contribution in [0.1, 0.15) is 38.5 Å². The van der Waals surface area contributed by atoms with Crippen LogP contribution in [-0.4, -0.2) is 58.3 Å². The number of carboxylic acids is 1. The first-order valence-electron chi connectivity index (χ1n) is 8.05. The number of aliphatic carboxylic acids is 1. The molecule has 0 aliphatic carbocycles. The van der Waals surface area contributed by atoms with Crippen LogP contribution in [0, 0.1) is 12.3 Å². The molecule has 1 N–H and O–H groups in total. The maximum Gasteiger partial charge on any atom is 0.320 e. The van der Waals surface area contributed by atoms with Gasteiger partial charge in [-0.15, -0.1) is 0 Å². The molecule has 1 atom stereocenters. The zero-order valence-electron chi connectivity index (χ0n) is 13.3. The van der Waals surface area contributed by atoms with Crippen LogP contribution >= 0.6 is 0 Å². The first-order chi connectivity index (χ1) is 10.5. The molecule has 1 spiro atoms. The summed E-state index contributed by atoms with van der Waals surface area (Å²) in [6.07, 6.45) is 3.74. The van der Waals surface area contributed by atoms with Crippen molar-refractivity contribution in [1.29, 1.82) is 0 Å². The van der Waals surface area contributed by atoms with Gasteiger partial charge < -0.3 is 14.5 Å². The minimum absolute atomic E-state index is 0.132. The van der Waals surface area contributed by atoms with Gasteiger partial charge in [-0.25, -0.2) is 0 Å². The molecule has 1 aromatic rings. The maximum atomic E-state index is 11.5. The van der Waals surface area contributed by atoms with Crippen LogP contribution in [0.5, 0.6) is 0 Å². The summed E-state index contributed by atoms with van der Waals surface area (Å²) in [6, 6.07) is -0.320. The van der Waals surface area contributed by atoms with Crippen LogP contribution in [0.2, 0.25) is 0 Å². The number of anilines is 1. The summed E-state index contributed by atoms with van der Waals surface area (Å²) < 4.78 is 5.04. The normalized spacial score (nSPS) is 25.0. The summed E-state index contributed by atoms with van der Waals surface area (Å²) in [6.45, 7) is 7.39. The lowest BCUT2D eigenvalue weighted by Crippen LogP contribution is -2.42. The highest BCUT2D eigenvalue weighted by Crippen LogP contribution is 2.43. The lowest BCUT2D eigenvalue weighted by molar-refractivity contribution is -0.142. The number of piperidine rings is 1. The van der Waals surface area contributed by atoms with Crippen LogP contribution in [0.4, 0.5) is 5.95 Å². The van der Waals surface area contributed by atoms with Gasteiger partial charge in [0, 0.05) is 26.6 Å². The summed E-state index contributed by atoms with van der Waals surface area (Å²) >= 11 is 0. The SMILES string of the molecule is CCCN1CC2(CCN(c3noc(C)n3)CC2)CC1C(=O)O. The third kappa shape index (κ3) is 2.82. The number of hydrogen-bond acceptors (Lipinski definition) is 6. The van der Waals surface area contributed by atoms with E-state index in [1.807, 2.05) is 0 Å². The Morgan fingerprint density at radius 3 is 2.73 bits per heavy atom. The standard InChI is InChI=1S/C15H24N4O3/c1-3-6-19-10-15(9-12(19)13(20)21)4-7-18(8-5-15)14-16-11(2)22-17-14/h12H,3-10H2,1-2H3,(H,20,21). The van der Waals surface area contributed by atoms with Gasteiger partial charge in [0.15, 0.2) is 0 Å². The zero-order chi connectivity index (χ0) is 15.7. The second kappa shape index (κ2) is 5.87. The van der Waals surface area contributed by atoms with E-state index in [-0.39, 0.29) is 11.5 Å². The van der Waals surface area contributed by atoms with Gasteiger partial charge in [0.25, 0.3) is 5.95 Å². The minimum Gasteiger partial charge on any atom is -0.480 e. The quantitative estimate of drug-likeness (QED) is 0.903. The van der Waals surface area contributed by atoms with E-state index in [0.29, 0.717) is 11.8 Å². The predicted molar refractivity (Wildman–Crippen MR) is 80.8 cm³/mol. The first kappa shape index (κ1) is 15.3. The first-order valence-corrected chi connectivity index (χ1v) is 8.05. The van der Waals surface area contributed by atoms with E-state index in [0.717, 1.165) is 51.9 Å². The van der Waals surface area contributed by atoms with Crippen LogP contribution < -0.4 is 4.90 Å². The molecule has 0 aromatic carbocycles. The molecule has 2 aliphatic rings. The van der Waals surface area contributed by atoms with E-state index < -0.39 is 5.97 Å². The van der Waals surface area contributed by atoms with Crippen molar-refractivity contribution < 1.29 is 14.4 Å². The number of rotatable bonds is 4. The fraction of sp³-hybridized carbons (Fsp3) is 0.800. The van der Waals surface area contributed by atoms with Gasteiger partial charge in [0.2, 0.25) is 5.89 Å². The van der Waals surface area contributed by atoms with Crippen molar-refractivity contribution in [2.75, 3.05) is 31.1 Å². The molecule has 3 rings (SSSR count). The zero-order valence-corrected chi connectivity index (χ0v) is 13.3. The molecule has 2 fully saturated rings. The van der Waals surface area contributed by atoms with E-state index >= 15 is 0 Å². The average Bonchev–Trinajstić information content (AvgIpc) is 3.05. The molecule has 1 unspecified atom stereocenters. The number of likely N-dealkylation sites (tertiary alicyclic amines) is 1. The van der Waals surface area contributed by atoms with E-state index in [9.17, 15) is 9.90 Å². The monoisotopic (exact) mass is 308 g/mol. The summed E-state index contributed by atoms with van der Waals surface area (Å²) in [4.78, 5) is 20.1. The van der Waals surface area contributed by atoms with Gasteiger partial charge in [-0.3, -0.25) is 9.69 Å². The summed E-state index contributed by atoms with van der Waals surface area (Å²) in [7, 11) is 0. The van der Waals surface area contributed by atoms with E-state index in [1.54, 1.807) is 6.92 Å². The summed E-state index contributed by atoms with van der Waals surface area (Å²) in [5.74, 6) is 0.559. The Hall–Kier alpha value is -1.63. The van der Waals surface area contributed by atoms with Gasteiger partial charge in [-0.2, -0.15) is 4.98 Å². The molecule has 1 aromatic heterocycles. The molecular weight excluding hydrogens is 284 g/mol. The van der Waals surface area contributed by atoms with Crippen molar-refractivity contribution in [2.24, 2.45) is 5.41 Å². The number of nitrogens with zero attached hydrogens (tertiary/aromatic N) is 4. The summed E-state index contributed by atoms with van der Waals surface area (Å²) in [5.41, 5.74) is 0.132. The van der Waals surface area contributed by atoms with Crippen LogP contribution in [-0.2, 0) is 4.79 Å². The molecule has 22 heavy (non-hydrogen) atoms. The number of aryl methyl sites for hydroxylation is 1. The van der Waals surface area contributed by atoms with E-state index in [4.69, 9.17) is 4.52 Å². The van der Waals surface area contributed by atoms with Gasteiger partial charge in [-0.1, -0.05) is 6.92 Å². The fourth-order valence-corrected chi connectivity index (χ4v) is 3.87. The molecular formula is C15H24N4O3. The molecule has 122 valence electrons. The molecule has 0 amide bonds. The molecule has 2 saturated heterocycles. The van der Waals surface area contributed by atoms with Gasteiger partial charge in [0.1, 0.15) is 6.04 Å². The topological polar surface area (TPSA) is 82.7 Å². The van der Waals surface area contributed by atoms with Crippen LogP contribution in [0.25, 0.3) is 0 Å². The Morgan fingerprint density at radius 2 is 2.18 bits per heavy atom. The predicted octanol–water partition coefficient (Wildman–Crippen LogP) is 1.53. The average molecular weight is 308 g/mol. The van der Waals surface area contributed by atoms with E-state index in [2.05, 4.69) is 26.9 Å². The lowest BCUT2D eigenvalue weighted by atomic mass is 9.76. The van der Waals surface area contributed by atoms with Gasteiger partial charge in [0.05, 0.1) is 0 Å². The molecule has 7 heteroatoms. The van der Waals surface area contributed by atoms with Gasteiger partial charge >= 0.3 is 5.97 Å². The van der Waals surface area contributed by atoms with Crippen molar-refractivity contribution in [3.8, 4) is 0 Å². The smallest absolute Gasteiger partial charge is 0.320 e. The Morgan fingerprint density at radius 1 is 1.45 bits per heavy atom. The Balaban J connectivity index is 1.66. The molecule has 0 bridgehead atoms. The van der Waals surface area contributed by atoms with Crippen molar-refractivity contribution in [3.63, 3.8) is 0 Å². The lowest BCUT2D eigenvalue weighted by Gasteiger charge is -2.38. The highest BCUT2D eigenvalue weighted by molar-refractivity contribution is 5.74. The molecule has 0 radical (unpaired) electrons. The highest BCUT2D eigenvalue weighted by Gasteiger charge is 2.48. The number of aromatic nitrogens is 2. The Bertz CT molecular complexity index is 537. The van der Waals surface area contributed by atoms with Crippen molar-refractivity contribution >= 4 is 11.9 Å². The second-order valence-electron chi connectivity index (χ2n) is 6.63.